The number of thioether (sulfide) groups is 1. The largest absolute Gasteiger partial charge is 0.392 e. The Labute approximate surface area is 58.9 Å². The first-order chi connectivity index (χ1) is 4.34. The summed E-state index contributed by atoms with van der Waals surface area (Å²) >= 11 is 1.20. The van der Waals surface area contributed by atoms with Crippen LogP contribution in [0, 0.1) is 10.7 Å². The predicted molar refractivity (Wildman–Crippen MR) is 36.8 cm³/mol. The van der Waals surface area contributed by atoms with Crippen LogP contribution in [0.2, 0.25) is 0 Å². The van der Waals surface area contributed by atoms with Gasteiger partial charge in [0.15, 0.2) is 0 Å². The summed E-state index contributed by atoms with van der Waals surface area (Å²) in [4.78, 5) is 0. The van der Waals surface area contributed by atoms with Gasteiger partial charge in [-0.25, -0.2) is 0 Å². The van der Waals surface area contributed by atoms with E-state index in [4.69, 9.17) is 10.4 Å². The molecule has 9 heavy (non-hydrogen) atoms. The number of aliphatic hydroxyl groups excluding tert-OH is 1. The number of aliphatic hydroxyl groups is 1. The summed E-state index contributed by atoms with van der Waals surface area (Å²) in [6, 6.07) is 0. The van der Waals surface area contributed by atoms with Crippen molar-refractivity contribution in [3.8, 4) is 5.40 Å². The molecule has 2 nitrogen and oxygen atoms in total. The van der Waals surface area contributed by atoms with Crippen molar-refractivity contribution in [1.82, 2.24) is 0 Å². The van der Waals surface area contributed by atoms with E-state index in [9.17, 15) is 0 Å². The lowest BCUT2D eigenvalue weighted by atomic mass is 10.3. The highest BCUT2D eigenvalue weighted by Crippen LogP contribution is 2.28. The molecule has 1 fully saturated rings. The zero-order chi connectivity index (χ0) is 6.69. The predicted octanol–water partition coefficient (Wildman–Crippen LogP) is 1.11. The quantitative estimate of drug-likeness (QED) is 0.559. The van der Waals surface area contributed by atoms with Crippen molar-refractivity contribution in [2.24, 2.45) is 0 Å². The summed E-state index contributed by atoms with van der Waals surface area (Å²) in [5.74, 6) is 0. The van der Waals surface area contributed by atoms with E-state index in [0.29, 0.717) is 0 Å². The second kappa shape index (κ2) is 3.09. The highest BCUT2D eigenvalue weighted by Gasteiger charge is 2.25. The number of nitrogens with zero attached hydrogens (tertiary/aromatic N) is 1. The van der Waals surface area contributed by atoms with E-state index in [1.165, 1.54) is 11.8 Å². The highest BCUT2D eigenvalue weighted by atomic mass is 32.2. The molecule has 0 amide bonds. The van der Waals surface area contributed by atoms with E-state index in [-0.39, 0.29) is 11.4 Å². The zero-order valence-corrected chi connectivity index (χ0v) is 5.90. The molecule has 0 unspecified atom stereocenters. The fourth-order valence-electron chi connectivity index (χ4n) is 1.11. The van der Waals surface area contributed by atoms with Gasteiger partial charge in [-0.15, -0.1) is 0 Å². The molecule has 0 spiro atoms. The average Bonchev–Trinajstić information content (AvgIpc) is 2.18. The van der Waals surface area contributed by atoms with Crippen molar-refractivity contribution in [1.29, 1.82) is 5.26 Å². The van der Waals surface area contributed by atoms with Crippen LogP contribution < -0.4 is 0 Å². The molecular weight excluding hydrogens is 134 g/mol. The van der Waals surface area contributed by atoms with E-state index < -0.39 is 0 Å². The number of rotatable bonds is 1. The van der Waals surface area contributed by atoms with Gasteiger partial charge in [0.2, 0.25) is 0 Å². The number of hydrogen-bond donors (Lipinski definition) is 1. The lowest BCUT2D eigenvalue weighted by molar-refractivity contribution is 0.188. The third-order valence-electron chi connectivity index (χ3n) is 1.62. The Hall–Kier alpha value is -0.200. The summed E-state index contributed by atoms with van der Waals surface area (Å²) in [6.45, 7) is 0. The maximum absolute atomic E-state index is 9.15. The molecule has 0 radical (unpaired) electrons. The van der Waals surface area contributed by atoms with Gasteiger partial charge >= 0.3 is 0 Å². The Morgan fingerprint density at radius 1 is 1.56 bits per heavy atom. The molecule has 1 rings (SSSR count). The fourth-order valence-corrected chi connectivity index (χ4v) is 1.82. The zero-order valence-electron chi connectivity index (χ0n) is 5.08. The smallest absolute Gasteiger partial charge is 0.133 e. The summed E-state index contributed by atoms with van der Waals surface area (Å²) < 4.78 is 0. The highest BCUT2D eigenvalue weighted by molar-refractivity contribution is 8.04. The van der Waals surface area contributed by atoms with Crippen LogP contribution in [-0.2, 0) is 0 Å². The molecule has 0 bridgehead atoms. The van der Waals surface area contributed by atoms with Crippen molar-refractivity contribution in [3.05, 3.63) is 0 Å². The van der Waals surface area contributed by atoms with Crippen molar-refractivity contribution < 1.29 is 5.11 Å². The molecule has 0 heterocycles. The van der Waals surface area contributed by atoms with Gasteiger partial charge in [0.25, 0.3) is 0 Å². The van der Waals surface area contributed by atoms with Gasteiger partial charge in [0, 0.05) is 5.25 Å². The summed E-state index contributed by atoms with van der Waals surface area (Å²) in [7, 11) is 0. The SMILES string of the molecule is N#CS[C@@H]1CCC[C@@H]1O. The Morgan fingerprint density at radius 3 is 2.78 bits per heavy atom. The second-order valence-electron chi connectivity index (χ2n) is 2.25. The molecule has 0 aromatic rings. The molecule has 0 aliphatic heterocycles. The molecule has 1 aliphatic carbocycles. The lowest BCUT2D eigenvalue weighted by Crippen LogP contribution is -2.13. The van der Waals surface area contributed by atoms with Crippen LogP contribution in [0.4, 0.5) is 0 Å². The molecule has 3 heteroatoms. The van der Waals surface area contributed by atoms with Gasteiger partial charge in [0.1, 0.15) is 5.40 Å². The molecule has 2 atom stereocenters. The Kier molecular flexibility index (Phi) is 2.38. The van der Waals surface area contributed by atoms with Crippen LogP contribution in [-0.4, -0.2) is 16.5 Å². The molecule has 1 saturated carbocycles. The van der Waals surface area contributed by atoms with Crippen molar-refractivity contribution >= 4 is 11.8 Å². The molecule has 0 aromatic carbocycles. The van der Waals surface area contributed by atoms with E-state index >= 15 is 0 Å². The normalized spacial score (nSPS) is 34.2. The molecule has 0 aromatic heterocycles. The standard InChI is InChI=1S/C6H9NOS/c7-4-9-6-3-1-2-5(6)8/h5-6,8H,1-3H2/t5-,6+/m0/s1. The van der Waals surface area contributed by atoms with Gasteiger partial charge < -0.3 is 5.11 Å². The first-order valence-electron chi connectivity index (χ1n) is 3.07. The van der Waals surface area contributed by atoms with E-state index in [2.05, 4.69) is 0 Å². The van der Waals surface area contributed by atoms with Crippen molar-refractivity contribution in [2.45, 2.75) is 30.6 Å². The number of hydrogen-bond acceptors (Lipinski definition) is 3. The maximum atomic E-state index is 9.15. The van der Waals surface area contributed by atoms with Crippen LogP contribution in [0.3, 0.4) is 0 Å². The van der Waals surface area contributed by atoms with Crippen molar-refractivity contribution in [3.63, 3.8) is 0 Å². The topological polar surface area (TPSA) is 44.0 Å². The maximum Gasteiger partial charge on any atom is 0.133 e. The summed E-state index contributed by atoms with van der Waals surface area (Å²) in [5.41, 5.74) is 0. The summed E-state index contributed by atoms with van der Waals surface area (Å²) in [5, 5.41) is 19.6. The monoisotopic (exact) mass is 143 g/mol. The Morgan fingerprint density at radius 2 is 2.33 bits per heavy atom. The minimum absolute atomic E-state index is 0.190. The van der Waals surface area contributed by atoms with Crippen LogP contribution in [0.5, 0.6) is 0 Å². The molecule has 0 saturated heterocycles. The van der Waals surface area contributed by atoms with Crippen LogP contribution in [0.15, 0.2) is 0 Å². The molecule has 1 aliphatic rings. The molecule has 1 N–H and O–H groups in total. The van der Waals surface area contributed by atoms with Gasteiger partial charge in [-0.1, -0.05) is 0 Å². The number of nitriles is 1. The molecular formula is C6H9NOS. The first kappa shape index (κ1) is 6.91. The van der Waals surface area contributed by atoms with Gasteiger partial charge in [-0.05, 0) is 31.0 Å². The fraction of sp³-hybridized carbons (Fsp3) is 0.833. The first-order valence-corrected chi connectivity index (χ1v) is 3.95. The van der Waals surface area contributed by atoms with Gasteiger partial charge in [-0.3, -0.25) is 0 Å². The van der Waals surface area contributed by atoms with E-state index in [1.807, 2.05) is 5.40 Å². The van der Waals surface area contributed by atoms with Crippen molar-refractivity contribution in [2.75, 3.05) is 0 Å². The number of thiocyanates is 1. The third-order valence-corrected chi connectivity index (χ3v) is 2.58. The van der Waals surface area contributed by atoms with E-state index in [1.54, 1.807) is 0 Å². The Balaban J connectivity index is 2.33. The minimum Gasteiger partial charge on any atom is -0.392 e. The van der Waals surface area contributed by atoms with Crippen LogP contribution in [0.25, 0.3) is 0 Å². The van der Waals surface area contributed by atoms with Crippen LogP contribution in [0.1, 0.15) is 19.3 Å². The lowest BCUT2D eigenvalue weighted by Gasteiger charge is -2.06. The van der Waals surface area contributed by atoms with Gasteiger partial charge in [-0.2, -0.15) is 5.26 Å². The van der Waals surface area contributed by atoms with Crippen LogP contribution >= 0.6 is 11.8 Å². The third kappa shape index (κ3) is 1.60. The summed E-state index contributed by atoms with van der Waals surface area (Å²) in [6.07, 6.45) is 2.72. The average molecular weight is 143 g/mol. The Bertz CT molecular complexity index is 132. The minimum atomic E-state index is -0.227. The van der Waals surface area contributed by atoms with E-state index in [0.717, 1.165) is 19.3 Å². The molecule has 50 valence electrons. The second-order valence-corrected chi connectivity index (χ2v) is 3.27. The van der Waals surface area contributed by atoms with Gasteiger partial charge in [0.05, 0.1) is 6.10 Å².